The van der Waals surface area contributed by atoms with E-state index in [1.54, 1.807) is 0 Å². The van der Waals surface area contributed by atoms with Crippen LogP contribution in [0.3, 0.4) is 0 Å². The van der Waals surface area contributed by atoms with E-state index >= 15 is 0 Å². The fourth-order valence-electron chi connectivity index (χ4n) is 1.50. The van der Waals surface area contributed by atoms with Gasteiger partial charge in [0, 0.05) is 25.4 Å². The van der Waals surface area contributed by atoms with Crippen LogP contribution >= 0.6 is 0 Å². The molecule has 0 radical (unpaired) electrons. The molecule has 0 aromatic carbocycles. The van der Waals surface area contributed by atoms with Crippen LogP contribution in [0, 0.1) is 5.92 Å². The average Bonchev–Trinajstić information content (AvgIpc) is 2.03. The van der Waals surface area contributed by atoms with Crippen molar-refractivity contribution in [3.63, 3.8) is 0 Å². The molecule has 92 valence electrons. The summed E-state index contributed by atoms with van der Waals surface area (Å²) < 4.78 is 1.14. The minimum absolute atomic E-state index is 0. The highest BCUT2D eigenvalue weighted by molar-refractivity contribution is 5.60. The topological polar surface area (TPSA) is 60.4 Å². The van der Waals surface area contributed by atoms with E-state index in [9.17, 15) is 0 Å². The quantitative estimate of drug-likeness (QED) is 0.397. The number of quaternary nitrogens is 1. The van der Waals surface area contributed by atoms with Gasteiger partial charge in [-0.2, -0.15) is 0 Å². The zero-order valence-electron chi connectivity index (χ0n) is 9.70. The lowest BCUT2D eigenvalue weighted by molar-refractivity contribution is -0.896. The van der Waals surface area contributed by atoms with Gasteiger partial charge < -0.3 is 43.5 Å². The number of aliphatic hydroxyl groups excluding tert-OH is 1. The summed E-state index contributed by atoms with van der Waals surface area (Å²) in [5.74, 6) is -0.494. The Morgan fingerprint density at radius 3 is 2.00 bits per heavy atom. The van der Waals surface area contributed by atoms with E-state index in [1.165, 1.54) is 25.9 Å². The van der Waals surface area contributed by atoms with Crippen molar-refractivity contribution in [3.05, 3.63) is 0 Å². The number of aliphatic hydroxyl groups is 1. The first kappa shape index (κ1) is 17.5. The molecule has 0 amide bonds. The number of rotatable bonds is 1. The Hall–Kier alpha value is 0.120. The zero-order chi connectivity index (χ0) is 11.2. The predicted molar refractivity (Wildman–Crippen MR) is 52.3 cm³/mol. The molecule has 0 bridgehead atoms. The van der Waals surface area contributed by atoms with E-state index in [2.05, 4.69) is 14.1 Å². The van der Waals surface area contributed by atoms with Crippen molar-refractivity contribution in [2.45, 2.75) is 19.8 Å². The highest BCUT2D eigenvalue weighted by Crippen LogP contribution is 2.18. The van der Waals surface area contributed by atoms with Gasteiger partial charge in [-0.05, 0) is 12.8 Å². The Morgan fingerprint density at radius 2 is 1.73 bits per heavy atom. The fraction of sp³-hybridized carbons (Fsp3) is 0.900. The van der Waals surface area contributed by atoms with Gasteiger partial charge in [-0.1, -0.05) is 0 Å². The predicted octanol–water partition coefficient (Wildman–Crippen LogP) is -3.77. The summed E-state index contributed by atoms with van der Waals surface area (Å²) in [6.07, 6.45) is 2.40. The second-order valence-corrected chi connectivity index (χ2v) is 4.50. The van der Waals surface area contributed by atoms with E-state index in [0.29, 0.717) is 12.5 Å². The molecule has 1 saturated heterocycles. The van der Waals surface area contributed by atoms with Crippen LogP contribution in [0.25, 0.3) is 0 Å². The van der Waals surface area contributed by atoms with Gasteiger partial charge in [0.15, 0.2) is 0 Å². The molecule has 5 heteroatoms. The fourth-order valence-corrected chi connectivity index (χ4v) is 1.50. The third kappa shape index (κ3) is 10.4. The van der Waals surface area contributed by atoms with Gasteiger partial charge in [-0.3, -0.25) is 0 Å². The maximum Gasteiger partial charge on any atom is 0.0786 e. The van der Waals surface area contributed by atoms with Gasteiger partial charge in [0.2, 0.25) is 0 Å². The Bertz CT molecular complexity index is 172. The van der Waals surface area contributed by atoms with Crippen molar-refractivity contribution in [3.8, 4) is 0 Å². The molecule has 0 aliphatic carbocycles. The minimum atomic E-state index is -1.08. The van der Waals surface area contributed by atoms with Crippen molar-refractivity contribution in [2.75, 3.05) is 33.8 Å². The van der Waals surface area contributed by atoms with Gasteiger partial charge in [0.05, 0.1) is 27.2 Å². The molecule has 1 aliphatic rings. The van der Waals surface area contributed by atoms with Crippen LogP contribution in [0.2, 0.25) is 0 Å². The molecule has 4 nitrogen and oxygen atoms in total. The molecule has 1 N–H and O–H groups in total. The van der Waals surface area contributed by atoms with Crippen LogP contribution in [-0.4, -0.2) is 49.4 Å². The number of piperidine rings is 1. The largest absolute Gasteiger partial charge is 1.00 e. The number of nitrogens with zero attached hydrogens (tertiary/aromatic N) is 1. The number of carbonyl (C=O) groups excluding carboxylic acids is 1. The Kier molecular flexibility index (Phi) is 9.68. The number of aliphatic carboxylic acids is 1. The van der Waals surface area contributed by atoms with Crippen LogP contribution in [0.1, 0.15) is 19.8 Å². The molecule has 1 fully saturated rings. The van der Waals surface area contributed by atoms with E-state index in [1.807, 2.05) is 0 Å². The molecule has 0 aromatic rings. The zero-order valence-corrected chi connectivity index (χ0v) is 11.9. The van der Waals surface area contributed by atoms with Gasteiger partial charge in [0.1, 0.15) is 0 Å². The van der Waals surface area contributed by atoms with Crippen LogP contribution in [0.15, 0.2) is 0 Å². The van der Waals surface area contributed by atoms with Crippen molar-refractivity contribution < 1.29 is 43.5 Å². The van der Waals surface area contributed by atoms with E-state index in [-0.39, 0.29) is 24.0 Å². The summed E-state index contributed by atoms with van der Waals surface area (Å²) in [6, 6.07) is 0. The highest BCUT2D eigenvalue weighted by Gasteiger charge is 2.24. The van der Waals surface area contributed by atoms with E-state index < -0.39 is 5.97 Å². The Labute approximate surface area is 109 Å². The third-order valence-electron chi connectivity index (χ3n) is 2.54. The number of carbonyl (C=O) groups is 1. The first-order valence-electron chi connectivity index (χ1n) is 4.98. The highest BCUT2D eigenvalue weighted by atomic mass is 127. The monoisotopic (exact) mass is 330 g/mol. The Balaban J connectivity index is 0. The molecule has 0 saturated carbocycles. The molecule has 1 rings (SSSR count). The minimum Gasteiger partial charge on any atom is -1.00 e. The number of carboxylic acids is 1. The molecule has 1 aliphatic heterocycles. The maximum atomic E-state index is 8.89. The summed E-state index contributed by atoms with van der Waals surface area (Å²) in [4.78, 5) is 8.89. The summed E-state index contributed by atoms with van der Waals surface area (Å²) >= 11 is 0. The number of hydrogen-bond acceptors (Lipinski definition) is 3. The lowest BCUT2D eigenvalue weighted by Gasteiger charge is -2.36. The van der Waals surface area contributed by atoms with Crippen LogP contribution in [-0.2, 0) is 4.79 Å². The molecular formula is C10H21INO3-. The third-order valence-corrected chi connectivity index (χ3v) is 2.54. The summed E-state index contributed by atoms with van der Waals surface area (Å²) in [5.41, 5.74) is 0. The van der Waals surface area contributed by atoms with Crippen molar-refractivity contribution >= 4 is 5.97 Å². The van der Waals surface area contributed by atoms with Crippen molar-refractivity contribution in [1.29, 1.82) is 0 Å². The van der Waals surface area contributed by atoms with Gasteiger partial charge >= 0.3 is 0 Å². The number of hydrogen-bond donors (Lipinski definition) is 1. The molecule has 0 unspecified atom stereocenters. The summed E-state index contributed by atoms with van der Waals surface area (Å²) in [7, 11) is 4.52. The second-order valence-electron chi connectivity index (χ2n) is 4.50. The average molecular weight is 330 g/mol. The second kappa shape index (κ2) is 8.29. The number of carboxylic acid groups (broad SMARTS) is 1. The van der Waals surface area contributed by atoms with Crippen LogP contribution in [0.5, 0.6) is 0 Å². The van der Waals surface area contributed by atoms with Gasteiger partial charge in [-0.25, -0.2) is 0 Å². The van der Waals surface area contributed by atoms with E-state index in [0.717, 1.165) is 11.4 Å². The maximum absolute atomic E-state index is 8.89. The molecule has 0 atom stereocenters. The molecule has 15 heavy (non-hydrogen) atoms. The lowest BCUT2D eigenvalue weighted by Crippen LogP contribution is -3.00. The SMILES string of the molecule is CC(=O)[O-].C[N+]1(C)CCC(CO)CC1.[I-]. The molecule has 1 heterocycles. The standard InChI is InChI=1S/C8H18NO.C2H4O2.HI/c1-9(2)5-3-8(7-10)4-6-9;1-2(3)4;/h8,10H,3-7H2,1-2H3;1H3,(H,3,4);1H/q+1;;/p-2. The Morgan fingerprint density at radius 1 is 1.40 bits per heavy atom. The van der Waals surface area contributed by atoms with Crippen LogP contribution < -0.4 is 29.1 Å². The first-order chi connectivity index (χ1) is 6.37. The smallest absolute Gasteiger partial charge is 0.0786 e. The number of halogens is 1. The van der Waals surface area contributed by atoms with Gasteiger partial charge in [0.25, 0.3) is 0 Å². The van der Waals surface area contributed by atoms with Crippen molar-refractivity contribution in [1.82, 2.24) is 0 Å². The summed E-state index contributed by atoms with van der Waals surface area (Å²) in [6.45, 7) is 3.82. The van der Waals surface area contributed by atoms with Crippen LogP contribution in [0.4, 0.5) is 0 Å². The van der Waals surface area contributed by atoms with Gasteiger partial charge in [-0.15, -0.1) is 0 Å². The first-order valence-corrected chi connectivity index (χ1v) is 4.98. The van der Waals surface area contributed by atoms with Crippen molar-refractivity contribution in [2.24, 2.45) is 5.92 Å². The van der Waals surface area contributed by atoms with E-state index in [4.69, 9.17) is 15.0 Å². The number of likely N-dealkylation sites (tertiary alicyclic amines) is 1. The summed E-state index contributed by atoms with van der Waals surface area (Å²) in [5, 5.41) is 17.7. The molecule has 0 aromatic heterocycles. The molecular weight excluding hydrogens is 309 g/mol. The normalized spacial score (nSPS) is 19.5. The molecule has 0 spiro atoms. The lowest BCUT2D eigenvalue weighted by atomic mass is 9.97.